The van der Waals surface area contributed by atoms with Crippen LogP contribution in [0.25, 0.3) is 6.08 Å². The minimum absolute atomic E-state index is 0.0106. The number of benzene rings is 1. The lowest BCUT2D eigenvalue weighted by Gasteiger charge is -2.33. The summed E-state index contributed by atoms with van der Waals surface area (Å²) in [7, 11) is 4.72. The van der Waals surface area contributed by atoms with Gasteiger partial charge < -0.3 is 24.0 Å². The molecule has 2 aromatic rings. The van der Waals surface area contributed by atoms with Crippen LogP contribution in [-0.2, 0) is 4.79 Å². The van der Waals surface area contributed by atoms with Gasteiger partial charge in [0.2, 0.25) is 16.8 Å². The molecule has 33 heavy (non-hydrogen) atoms. The molecule has 2 aliphatic rings. The predicted octanol–water partition coefficient (Wildman–Crippen LogP) is 3.97. The van der Waals surface area contributed by atoms with Gasteiger partial charge in [-0.25, -0.2) is 0 Å². The van der Waals surface area contributed by atoms with Gasteiger partial charge in [0, 0.05) is 38.2 Å². The average molecular weight is 473 g/mol. The number of ether oxygens (including phenoxy) is 3. The van der Waals surface area contributed by atoms with Crippen molar-refractivity contribution >= 4 is 28.5 Å². The number of hydrogen-bond donors (Lipinski definition) is 0. The number of rotatable bonds is 7. The van der Waals surface area contributed by atoms with Gasteiger partial charge in [0.25, 0.3) is 0 Å². The van der Waals surface area contributed by atoms with E-state index in [1.54, 1.807) is 44.8 Å². The van der Waals surface area contributed by atoms with Crippen molar-refractivity contribution in [3.8, 4) is 17.2 Å². The number of methoxy groups -OCH3 is 3. The van der Waals surface area contributed by atoms with Crippen LogP contribution in [0, 0.1) is 0 Å². The maximum atomic E-state index is 12.8. The van der Waals surface area contributed by atoms with Crippen molar-refractivity contribution in [1.29, 1.82) is 0 Å². The van der Waals surface area contributed by atoms with Gasteiger partial charge in [0.15, 0.2) is 11.5 Å². The number of anilines is 1. The van der Waals surface area contributed by atoms with E-state index in [9.17, 15) is 4.79 Å². The number of hydrogen-bond acceptors (Lipinski definition) is 8. The van der Waals surface area contributed by atoms with Crippen molar-refractivity contribution in [2.45, 2.75) is 38.0 Å². The van der Waals surface area contributed by atoms with Gasteiger partial charge in [0.05, 0.1) is 21.3 Å². The first kappa shape index (κ1) is 23.4. The van der Waals surface area contributed by atoms with Crippen molar-refractivity contribution in [1.82, 2.24) is 15.1 Å². The maximum Gasteiger partial charge on any atom is 0.246 e. The molecule has 0 radical (unpaired) electrons. The molecular formula is C24H32N4O4S. The van der Waals surface area contributed by atoms with Crippen LogP contribution in [-0.4, -0.2) is 68.5 Å². The highest BCUT2D eigenvalue weighted by atomic mass is 32.1. The number of piperazine rings is 1. The van der Waals surface area contributed by atoms with Crippen molar-refractivity contribution in [2.75, 3.05) is 52.4 Å². The van der Waals surface area contributed by atoms with Crippen LogP contribution >= 0.6 is 11.3 Å². The minimum Gasteiger partial charge on any atom is -0.493 e. The van der Waals surface area contributed by atoms with Gasteiger partial charge in [-0.05, 0) is 36.6 Å². The lowest BCUT2D eigenvalue weighted by molar-refractivity contribution is -0.126. The van der Waals surface area contributed by atoms with E-state index in [0.717, 1.165) is 23.8 Å². The Kier molecular flexibility index (Phi) is 7.69. The molecule has 1 aromatic heterocycles. The highest BCUT2D eigenvalue weighted by molar-refractivity contribution is 7.15. The van der Waals surface area contributed by atoms with Gasteiger partial charge in [-0.2, -0.15) is 0 Å². The molecule has 1 aromatic carbocycles. The molecule has 1 saturated heterocycles. The normalized spacial score (nSPS) is 17.4. The molecule has 9 heteroatoms. The number of carbonyl (C=O) groups excluding carboxylic acids is 1. The molecule has 4 rings (SSSR count). The molecule has 0 unspecified atom stereocenters. The summed E-state index contributed by atoms with van der Waals surface area (Å²) in [5, 5.41) is 11.1. The molecule has 8 nitrogen and oxygen atoms in total. The highest BCUT2D eigenvalue weighted by Crippen LogP contribution is 2.39. The zero-order valence-electron chi connectivity index (χ0n) is 19.6. The van der Waals surface area contributed by atoms with Gasteiger partial charge in [0.1, 0.15) is 5.01 Å². The molecule has 0 atom stereocenters. The third-order valence-electron chi connectivity index (χ3n) is 6.35. The van der Waals surface area contributed by atoms with Crippen LogP contribution < -0.4 is 19.1 Å². The van der Waals surface area contributed by atoms with Crippen LogP contribution in [0.2, 0.25) is 0 Å². The zero-order chi connectivity index (χ0) is 23.2. The fourth-order valence-corrected chi connectivity index (χ4v) is 5.52. The quantitative estimate of drug-likeness (QED) is 0.564. The summed E-state index contributed by atoms with van der Waals surface area (Å²) >= 11 is 1.73. The second-order valence-corrected chi connectivity index (χ2v) is 9.35. The molecule has 1 aliphatic heterocycles. The highest BCUT2D eigenvalue weighted by Gasteiger charge is 2.25. The van der Waals surface area contributed by atoms with Crippen molar-refractivity contribution in [3.05, 3.63) is 28.8 Å². The number of aromatic nitrogens is 2. The SMILES string of the molecule is COc1cc(/C=C/C(=O)N2CCN(c3nnc(C4CCCCC4)s3)CC2)cc(OC)c1OC. The van der Waals surface area contributed by atoms with Gasteiger partial charge in [-0.15, -0.1) is 10.2 Å². The lowest BCUT2D eigenvalue weighted by Crippen LogP contribution is -2.48. The third-order valence-corrected chi connectivity index (χ3v) is 7.50. The van der Waals surface area contributed by atoms with Gasteiger partial charge in [-0.3, -0.25) is 4.79 Å². The molecule has 0 N–H and O–H groups in total. The number of amides is 1. The van der Waals surface area contributed by atoms with Crippen LogP contribution in [0.1, 0.15) is 48.6 Å². The molecule has 0 spiro atoms. The van der Waals surface area contributed by atoms with E-state index >= 15 is 0 Å². The topological polar surface area (TPSA) is 77.0 Å². The van der Waals surface area contributed by atoms with Crippen LogP contribution in [0.15, 0.2) is 18.2 Å². The Morgan fingerprint density at radius 1 is 0.970 bits per heavy atom. The first-order valence-corrected chi connectivity index (χ1v) is 12.3. The molecule has 2 fully saturated rings. The molecule has 1 aliphatic carbocycles. The Labute approximate surface area is 199 Å². The molecular weight excluding hydrogens is 440 g/mol. The van der Waals surface area contributed by atoms with Gasteiger partial charge >= 0.3 is 0 Å². The Balaban J connectivity index is 1.34. The van der Waals surface area contributed by atoms with Crippen LogP contribution in [0.4, 0.5) is 5.13 Å². The summed E-state index contributed by atoms with van der Waals surface area (Å²) in [6.07, 6.45) is 9.77. The van der Waals surface area contributed by atoms with Crippen LogP contribution in [0.5, 0.6) is 17.2 Å². The summed E-state index contributed by atoms with van der Waals surface area (Å²) in [4.78, 5) is 16.9. The van der Waals surface area contributed by atoms with Crippen molar-refractivity contribution in [2.24, 2.45) is 0 Å². The maximum absolute atomic E-state index is 12.8. The van der Waals surface area contributed by atoms with E-state index in [4.69, 9.17) is 14.2 Å². The number of carbonyl (C=O) groups is 1. The second-order valence-electron chi connectivity index (χ2n) is 8.36. The number of nitrogens with zero attached hydrogens (tertiary/aromatic N) is 4. The standard InChI is InChI=1S/C24H32N4O4S/c1-30-19-15-17(16-20(31-2)22(19)32-3)9-10-21(29)27-11-13-28(14-12-27)24-26-25-23(33-24)18-7-5-4-6-8-18/h9-10,15-16,18H,4-8,11-14H2,1-3H3/b10-9+. The molecule has 0 bridgehead atoms. The predicted molar refractivity (Wildman–Crippen MR) is 130 cm³/mol. The van der Waals surface area contributed by atoms with Crippen molar-refractivity contribution in [3.63, 3.8) is 0 Å². The van der Waals surface area contributed by atoms with Crippen LogP contribution in [0.3, 0.4) is 0 Å². The molecule has 178 valence electrons. The zero-order valence-corrected chi connectivity index (χ0v) is 20.4. The van der Waals surface area contributed by atoms with Gasteiger partial charge in [-0.1, -0.05) is 30.6 Å². The largest absolute Gasteiger partial charge is 0.493 e. The first-order chi connectivity index (χ1) is 16.1. The Bertz CT molecular complexity index is 954. The van der Waals surface area contributed by atoms with Crippen molar-refractivity contribution < 1.29 is 19.0 Å². The molecule has 1 amide bonds. The summed E-state index contributed by atoms with van der Waals surface area (Å²) in [6, 6.07) is 3.64. The lowest BCUT2D eigenvalue weighted by atomic mass is 9.90. The molecule has 2 heterocycles. The first-order valence-electron chi connectivity index (χ1n) is 11.5. The summed E-state index contributed by atoms with van der Waals surface area (Å²) in [6.45, 7) is 2.86. The second kappa shape index (κ2) is 10.9. The fraction of sp³-hybridized carbons (Fsp3) is 0.542. The van der Waals surface area contributed by atoms with E-state index in [-0.39, 0.29) is 5.91 Å². The Hall–Kier alpha value is -2.81. The minimum atomic E-state index is -0.0106. The van der Waals surface area contributed by atoms with E-state index in [1.165, 1.54) is 37.1 Å². The Morgan fingerprint density at radius 2 is 1.64 bits per heavy atom. The van der Waals surface area contributed by atoms with E-state index in [2.05, 4.69) is 15.1 Å². The third kappa shape index (κ3) is 5.40. The molecule has 1 saturated carbocycles. The fourth-order valence-electron chi connectivity index (χ4n) is 4.46. The average Bonchev–Trinajstić information content (AvgIpc) is 3.37. The monoisotopic (exact) mass is 472 g/mol. The summed E-state index contributed by atoms with van der Waals surface area (Å²) in [5.74, 6) is 2.21. The summed E-state index contributed by atoms with van der Waals surface area (Å²) in [5.41, 5.74) is 0.806. The summed E-state index contributed by atoms with van der Waals surface area (Å²) < 4.78 is 16.1. The van der Waals surface area contributed by atoms with E-state index in [1.807, 2.05) is 17.0 Å². The van der Waals surface area contributed by atoms with E-state index < -0.39 is 0 Å². The van der Waals surface area contributed by atoms with E-state index in [0.29, 0.717) is 36.3 Å². The smallest absolute Gasteiger partial charge is 0.246 e. The Morgan fingerprint density at radius 3 is 2.24 bits per heavy atom.